The molecule has 0 spiro atoms. The highest BCUT2D eigenvalue weighted by Crippen LogP contribution is 2.16. The van der Waals surface area contributed by atoms with Gasteiger partial charge < -0.3 is 19.3 Å². The molecule has 0 saturated carbocycles. The van der Waals surface area contributed by atoms with Gasteiger partial charge in [-0.3, -0.25) is 0 Å². The molecule has 174 valence electrons. The highest BCUT2D eigenvalue weighted by molar-refractivity contribution is 5.86. The fourth-order valence-corrected chi connectivity index (χ4v) is 2.68. The third kappa shape index (κ3) is 21.6. The summed E-state index contributed by atoms with van der Waals surface area (Å²) in [6.07, 6.45) is 10.6. The normalized spacial score (nSPS) is 12.6. The van der Waals surface area contributed by atoms with Crippen molar-refractivity contribution in [3.8, 4) is 0 Å². The van der Waals surface area contributed by atoms with Crippen LogP contribution in [0.3, 0.4) is 0 Å². The van der Waals surface area contributed by atoms with E-state index in [0.717, 1.165) is 25.0 Å². The van der Waals surface area contributed by atoms with E-state index in [0.29, 0.717) is 12.2 Å². The quantitative estimate of drug-likeness (QED) is 0.180. The smallest absolute Gasteiger partial charge is 0.333 e. The molecule has 29 heavy (non-hydrogen) atoms. The van der Waals surface area contributed by atoms with E-state index >= 15 is 0 Å². The summed E-state index contributed by atoms with van der Waals surface area (Å²) in [7, 11) is 0. The Morgan fingerprint density at radius 3 is 1.76 bits per heavy atom. The van der Waals surface area contributed by atoms with Gasteiger partial charge in [-0.1, -0.05) is 72.8 Å². The molecule has 0 rings (SSSR count). The van der Waals surface area contributed by atoms with Gasteiger partial charge in [0.2, 0.25) is 0 Å². The number of ether oxygens (including phenoxy) is 3. The molecule has 0 aliphatic heterocycles. The molecule has 0 aliphatic carbocycles. The molecule has 0 saturated heterocycles. The highest BCUT2D eigenvalue weighted by atomic mass is 16.6. The van der Waals surface area contributed by atoms with Gasteiger partial charge in [-0.05, 0) is 31.6 Å². The standard InChI is InChI=1S/C16H34O.C8H14O4/c1-5-9-11-15(7-3)13-17-14-16(8-4)12-10-6-2;1-7(2)8(10)12-6-5-11-4-3-9/h15-16H,5-14H2,1-4H3;9H,1,3-6H2,2H3. The van der Waals surface area contributed by atoms with Crippen molar-refractivity contribution >= 4 is 5.97 Å². The molecule has 0 aromatic carbocycles. The van der Waals surface area contributed by atoms with Gasteiger partial charge in [0, 0.05) is 18.8 Å². The average molecular weight is 417 g/mol. The topological polar surface area (TPSA) is 65.0 Å². The lowest BCUT2D eigenvalue weighted by atomic mass is 9.99. The summed E-state index contributed by atoms with van der Waals surface area (Å²) >= 11 is 0. The van der Waals surface area contributed by atoms with E-state index in [1.165, 1.54) is 51.4 Å². The average Bonchev–Trinajstić information content (AvgIpc) is 2.72. The molecular formula is C24H48O5. The van der Waals surface area contributed by atoms with Crippen LogP contribution in [-0.4, -0.2) is 50.7 Å². The van der Waals surface area contributed by atoms with Crippen molar-refractivity contribution in [2.75, 3.05) is 39.6 Å². The lowest BCUT2D eigenvalue weighted by Gasteiger charge is -2.18. The third-order valence-corrected chi connectivity index (χ3v) is 4.84. The maximum atomic E-state index is 10.7. The Bertz CT molecular complexity index is 354. The minimum Gasteiger partial charge on any atom is -0.460 e. The van der Waals surface area contributed by atoms with Crippen molar-refractivity contribution in [2.45, 2.75) is 86.0 Å². The lowest BCUT2D eigenvalue weighted by molar-refractivity contribution is -0.140. The van der Waals surface area contributed by atoms with Gasteiger partial charge in [0.15, 0.2) is 0 Å². The number of carbonyl (C=O) groups excluding carboxylic acids is 1. The number of unbranched alkanes of at least 4 members (excludes halogenated alkanes) is 2. The zero-order valence-corrected chi connectivity index (χ0v) is 19.8. The minimum atomic E-state index is -0.414. The van der Waals surface area contributed by atoms with E-state index in [4.69, 9.17) is 19.3 Å². The first-order valence-corrected chi connectivity index (χ1v) is 11.5. The molecule has 0 aromatic rings. The van der Waals surface area contributed by atoms with Crippen LogP contribution in [0, 0.1) is 11.8 Å². The van der Waals surface area contributed by atoms with Gasteiger partial charge in [0.25, 0.3) is 0 Å². The Balaban J connectivity index is 0. The van der Waals surface area contributed by atoms with Crippen LogP contribution in [0.2, 0.25) is 0 Å². The summed E-state index contributed by atoms with van der Waals surface area (Å²) in [6.45, 7) is 16.8. The van der Waals surface area contributed by atoms with Crippen molar-refractivity contribution in [1.82, 2.24) is 0 Å². The van der Waals surface area contributed by atoms with E-state index < -0.39 is 5.97 Å². The van der Waals surface area contributed by atoms with Gasteiger partial charge in [-0.25, -0.2) is 4.79 Å². The Labute approximate surface area is 180 Å². The first-order valence-electron chi connectivity index (χ1n) is 11.5. The number of esters is 1. The van der Waals surface area contributed by atoms with E-state index in [9.17, 15) is 4.79 Å². The number of aliphatic hydroxyl groups excluding tert-OH is 1. The predicted molar refractivity (Wildman–Crippen MR) is 121 cm³/mol. The van der Waals surface area contributed by atoms with Crippen molar-refractivity contribution in [3.63, 3.8) is 0 Å². The van der Waals surface area contributed by atoms with Crippen LogP contribution in [0.15, 0.2) is 12.2 Å². The largest absolute Gasteiger partial charge is 0.460 e. The van der Waals surface area contributed by atoms with Crippen LogP contribution in [0.5, 0.6) is 0 Å². The number of hydrogen-bond donors (Lipinski definition) is 1. The SMILES string of the molecule is C=C(C)C(=O)OCCOCCO.CCCCC(CC)COCC(CC)CCCC. The van der Waals surface area contributed by atoms with Crippen LogP contribution < -0.4 is 0 Å². The molecule has 2 atom stereocenters. The van der Waals surface area contributed by atoms with Gasteiger partial charge >= 0.3 is 5.97 Å². The Kier molecular flexibility index (Phi) is 24.4. The zero-order valence-electron chi connectivity index (χ0n) is 19.8. The highest BCUT2D eigenvalue weighted by Gasteiger charge is 2.09. The van der Waals surface area contributed by atoms with Crippen LogP contribution >= 0.6 is 0 Å². The summed E-state index contributed by atoms with van der Waals surface area (Å²) < 4.78 is 15.5. The summed E-state index contributed by atoms with van der Waals surface area (Å²) in [5.74, 6) is 1.17. The molecule has 0 radical (unpaired) electrons. The van der Waals surface area contributed by atoms with E-state index in [2.05, 4.69) is 34.3 Å². The predicted octanol–water partition coefficient (Wildman–Crippen LogP) is 5.55. The van der Waals surface area contributed by atoms with Crippen molar-refractivity contribution < 1.29 is 24.1 Å². The third-order valence-electron chi connectivity index (χ3n) is 4.84. The maximum absolute atomic E-state index is 10.7. The first kappa shape index (κ1) is 30.3. The molecule has 0 bridgehead atoms. The summed E-state index contributed by atoms with van der Waals surface area (Å²) in [6, 6.07) is 0. The van der Waals surface area contributed by atoms with Gasteiger partial charge in [0.1, 0.15) is 6.61 Å². The fraction of sp³-hybridized carbons (Fsp3) is 0.875. The van der Waals surface area contributed by atoms with Gasteiger partial charge in [-0.15, -0.1) is 0 Å². The lowest BCUT2D eigenvalue weighted by Crippen LogP contribution is -2.14. The Morgan fingerprint density at radius 2 is 1.38 bits per heavy atom. The number of aliphatic hydroxyl groups is 1. The van der Waals surface area contributed by atoms with E-state index in [-0.39, 0.29) is 19.8 Å². The molecule has 0 heterocycles. The molecule has 0 amide bonds. The Hall–Kier alpha value is -0.910. The van der Waals surface area contributed by atoms with Crippen molar-refractivity contribution in [1.29, 1.82) is 0 Å². The number of rotatable bonds is 18. The van der Waals surface area contributed by atoms with Crippen molar-refractivity contribution in [3.05, 3.63) is 12.2 Å². The maximum Gasteiger partial charge on any atom is 0.333 e. The molecule has 0 aliphatic rings. The second-order valence-electron chi connectivity index (χ2n) is 7.62. The van der Waals surface area contributed by atoms with E-state index in [1.54, 1.807) is 6.92 Å². The minimum absolute atomic E-state index is 0.0194. The molecule has 5 heteroatoms. The summed E-state index contributed by atoms with van der Waals surface area (Å²) in [4.78, 5) is 10.7. The van der Waals surface area contributed by atoms with Crippen LogP contribution in [0.1, 0.15) is 86.0 Å². The van der Waals surface area contributed by atoms with Gasteiger partial charge in [0.05, 0.1) is 19.8 Å². The van der Waals surface area contributed by atoms with E-state index in [1.807, 2.05) is 0 Å². The van der Waals surface area contributed by atoms with Gasteiger partial charge in [-0.2, -0.15) is 0 Å². The summed E-state index contributed by atoms with van der Waals surface area (Å²) in [5, 5.41) is 8.32. The second kappa shape index (κ2) is 23.4. The van der Waals surface area contributed by atoms with Crippen LogP contribution in [0.4, 0.5) is 0 Å². The summed E-state index contributed by atoms with van der Waals surface area (Å²) in [5.41, 5.74) is 0.372. The number of hydrogen-bond acceptors (Lipinski definition) is 5. The molecule has 2 unspecified atom stereocenters. The molecule has 5 nitrogen and oxygen atoms in total. The second-order valence-corrected chi connectivity index (χ2v) is 7.62. The molecular weight excluding hydrogens is 368 g/mol. The molecule has 0 aromatic heterocycles. The van der Waals surface area contributed by atoms with Crippen molar-refractivity contribution in [2.24, 2.45) is 11.8 Å². The fourth-order valence-electron chi connectivity index (χ4n) is 2.68. The molecule has 0 fully saturated rings. The monoisotopic (exact) mass is 416 g/mol. The first-order chi connectivity index (χ1) is 14.0. The number of carbonyl (C=O) groups is 1. The van der Waals surface area contributed by atoms with Crippen LogP contribution in [-0.2, 0) is 19.0 Å². The molecule has 1 N–H and O–H groups in total. The zero-order chi connectivity index (χ0) is 22.3. The van der Waals surface area contributed by atoms with Crippen LogP contribution in [0.25, 0.3) is 0 Å². The Morgan fingerprint density at radius 1 is 0.862 bits per heavy atom.